The van der Waals surface area contributed by atoms with Crippen molar-refractivity contribution in [3.05, 3.63) is 126 Å². The van der Waals surface area contributed by atoms with E-state index in [0.29, 0.717) is 17.7 Å². The van der Waals surface area contributed by atoms with E-state index in [2.05, 4.69) is 88.2 Å². The molecule has 0 bridgehead atoms. The Hall–Kier alpha value is -3.67. The summed E-state index contributed by atoms with van der Waals surface area (Å²) in [6.07, 6.45) is 2.36. The minimum absolute atomic E-state index is 0.135. The summed E-state index contributed by atoms with van der Waals surface area (Å²) in [7, 11) is -3.54. The highest BCUT2D eigenvalue weighted by molar-refractivity contribution is 7.89. The number of hydrogen-bond acceptors (Lipinski definition) is 2. The first-order valence-corrected chi connectivity index (χ1v) is 13.9. The highest BCUT2D eigenvalue weighted by Gasteiger charge is 2.27. The molecule has 36 heavy (non-hydrogen) atoms. The molecule has 0 aliphatic heterocycles. The number of nitrogens with zero attached hydrogens (tertiary/aromatic N) is 1. The molecular weight excluding hydrogens is 464 g/mol. The number of sulfonamides is 1. The second-order valence-electron chi connectivity index (χ2n) is 9.50. The maximum atomic E-state index is 12.8. The molecule has 4 aromatic carbocycles. The number of nitrogens with one attached hydrogen (secondary N) is 1. The molecule has 1 atom stereocenters. The van der Waals surface area contributed by atoms with E-state index in [4.69, 9.17) is 0 Å². The fraction of sp³-hybridized carbons (Fsp3) is 0.161. The normalized spacial score (nSPS) is 15.3. The Bertz CT molecular complexity index is 1620. The highest BCUT2D eigenvalue weighted by Crippen LogP contribution is 2.33. The van der Waals surface area contributed by atoms with Gasteiger partial charge in [-0.05, 0) is 71.8 Å². The molecule has 0 spiro atoms. The smallest absolute Gasteiger partial charge is 0.240 e. The maximum absolute atomic E-state index is 12.8. The minimum Gasteiger partial charge on any atom is -0.340 e. The van der Waals surface area contributed by atoms with Gasteiger partial charge in [0.05, 0.1) is 4.90 Å². The fourth-order valence-corrected chi connectivity index (χ4v) is 6.58. The van der Waals surface area contributed by atoms with Crippen LogP contribution in [0.1, 0.15) is 16.7 Å². The molecular formula is C31H28N2O2S. The van der Waals surface area contributed by atoms with Crippen molar-refractivity contribution in [2.45, 2.75) is 36.7 Å². The van der Waals surface area contributed by atoms with Gasteiger partial charge < -0.3 is 4.57 Å². The number of aryl methyl sites for hydroxylation is 2. The number of aromatic nitrogens is 1. The third-order valence-electron chi connectivity index (χ3n) is 7.09. The Morgan fingerprint density at radius 1 is 0.750 bits per heavy atom. The van der Waals surface area contributed by atoms with Gasteiger partial charge in [-0.25, -0.2) is 13.1 Å². The minimum atomic E-state index is -3.54. The maximum Gasteiger partial charge on any atom is 0.240 e. The molecule has 0 amide bonds. The summed E-state index contributed by atoms with van der Waals surface area (Å²) in [5.41, 5.74) is 7.36. The van der Waals surface area contributed by atoms with Crippen LogP contribution in [0.3, 0.4) is 0 Å². The first kappa shape index (κ1) is 22.8. The molecule has 1 aromatic heterocycles. The second kappa shape index (κ2) is 9.41. The van der Waals surface area contributed by atoms with Crippen molar-refractivity contribution >= 4 is 20.9 Å². The molecule has 0 saturated carbocycles. The fourth-order valence-electron chi connectivity index (χ4n) is 5.32. The van der Waals surface area contributed by atoms with E-state index in [-0.39, 0.29) is 6.04 Å². The average molecular weight is 493 g/mol. The number of hydrogen-bond donors (Lipinski definition) is 1. The first-order valence-electron chi connectivity index (χ1n) is 12.4. The molecule has 0 fully saturated rings. The summed E-state index contributed by atoms with van der Waals surface area (Å²) in [6, 6.07) is 36.5. The largest absolute Gasteiger partial charge is 0.340 e. The molecule has 1 aliphatic rings. The first-order chi connectivity index (χ1) is 17.6. The number of rotatable bonds is 7. The quantitative estimate of drug-likeness (QED) is 0.303. The number of benzene rings is 4. The summed E-state index contributed by atoms with van der Waals surface area (Å²) in [5, 5.41) is 1.23. The monoisotopic (exact) mass is 492 g/mol. The van der Waals surface area contributed by atoms with Gasteiger partial charge in [0.25, 0.3) is 0 Å². The Morgan fingerprint density at radius 3 is 2.25 bits per heavy atom. The van der Waals surface area contributed by atoms with E-state index in [0.717, 1.165) is 13.0 Å². The van der Waals surface area contributed by atoms with Gasteiger partial charge in [0.15, 0.2) is 0 Å². The Labute approximate surface area is 212 Å². The summed E-state index contributed by atoms with van der Waals surface area (Å²) < 4.78 is 31.0. The van der Waals surface area contributed by atoms with Crippen LogP contribution < -0.4 is 4.72 Å². The molecule has 5 aromatic rings. The van der Waals surface area contributed by atoms with Gasteiger partial charge in [0.1, 0.15) is 0 Å². The summed E-state index contributed by atoms with van der Waals surface area (Å²) in [5.74, 6) is 0. The zero-order valence-electron chi connectivity index (χ0n) is 20.0. The van der Waals surface area contributed by atoms with Gasteiger partial charge >= 0.3 is 0 Å². The van der Waals surface area contributed by atoms with Crippen LogP contribution in [0.5, 0.6) is 0 Å². The van der Waals surface area contributed by atoms with Gasteiger partial charge in [0.2, 0.25) is 10.0 Å². The lowest BCUT2D eigenvalue weighted by Crippen LogP contribution is -2.35. The van der Waals surface area contributed by atoms with Crippen LogP contribution in [-0.4, -0.2) is 19.0 Å². The van der Waals surface area contributed by atoms with Gasteiger partial charge in [-0.15, -0.1) is 0 Å². The molecule has 1 aliphatic carbocycles. The third kappa shape index (κ3) is 4.48. The van der Waals surface area contributed by atoms with E-state index in [9.17, 15) is 8.42 Å². The van der Waals surface area contributed by atoms with Crippen LogP contribution in [-0.2, 0) is 35.8 Å². The van der Waals surface area contributed by atoms with Crippen LogP contribution in [0.15, 0.2) is 114 Å². The summed E-state index contributed by atoms with van der Waals surface area (Å²) >= 11 is 0. The predicted octanol–water partition coefficient (Wildman–Crippen LogP) is 6.00. The zero-order valence-corrected chi connectivity index (χ0v) is 20.8. The lowest BCUT2D eigenvalue weighted by molar-refractivity contribution is 0.555. The Morgan fingerprint density at radius 2 is 1.44 bits per heavy atom. The zero-order chi connectivity index (χ0) is 24.5. The van der Waals surface area contributed by atoms with E-state index in [1.807, 2.05) is 6.07 Å². The molecule has 6 rings (SSSR count). The summed E-state index contributed by atoms with van der Waals surface area (Å²) in [4.78, 5) is 0.310. The standard InChI is InChI=1S/C31H28N2O2S/c34-36(35,29-12-5-2-6-13-29)32-28-20-24-15-16-26(19-27(24)21-28)31-22-25-11-7-8-14-30(25)33(31)18-17-23-9-3-1-4-10-23/h1-16,19,22,28,32H,17-18,20-21H2. The Balaban J connectivity index is 1.28. The van der Waals surface area contributed by atoms with Crippen molar-refractivity contribution in [2.24, 2.45) is 0 Å². The van der Waals surface area contributed by atoms with Gasteiger partial charge in [-0.1, -0.05) is 78.9 Å². The third-order valence-corrected chi connectivity index (χ3v) is 8.62. The summed E-state index contributed by atoms with van der Waals surface area (Å²) in [6.45, 7) is 0.892. The molecule has 180 valence electrons. The molecule has 1 N–H and O–H groups in total. The molecule has 4 nitrogen and oxygen atoms in total. The van der Waals surface area contributed by atoms with Gasteiger partial charge in [-0.3, -0.25) is 0 Å². The van der Waals surface area contributed by atoms with Crippen molar-refractivity contribution in [1.82, 2.24) is 9.29 Å². The van der Waals surface area contributed by atoms with E-state index < -0.39 is 10.0 Å². The van der Waals surface area contributed by atoms with E-state index in [1.165, 1.54) is 38.9 Å². The SMILES string of the molecule is O=S(=O)(NC1Cc2ccc(-c3cc4ccccc4n3CCc3ccccc3)cc2C1)c1ccccc1. The average Bonchev–Trinajstić information content (AvgIpc) is 3.48. The molecule has 0 radical (unpaired) electrons. The van der Waals surface area contributed by atoms with Crippen LogP contribution in [0, 0.1) is 0 Å². The molecule has 1 unspecified atom stereocenters. The van der Waals surface area contributed by atoms with Crippen molar-refractivity contribution in [3.63, 3.8) is 0 Å². The number of fused-ring (bicyclic) bond motifs is 2. The lowest BCUT2D eigenvalue weighted by atomic mass is 10.0. The van der Waals surface area contributed by atoms with Crippen LogP contribution in [0.25, 0.3) is 22.2 Å². The van der Waals surface area contributed by atoms with E-state index >= 15 is 0 Å². The molecule has 1 heterocycles. The topological polar surface area (TPSA) is 51.1 Å². The Kier molecular flexibility index (Phi) is 5.96. The second-order valence-corrected chi connectivity index (χ2v) is 11.2. The van der Waals surface area contributed by atoms with E-state index in [1.54, 1.807) is 24.3 Å². The van der Waals surface area contributed by atoms with Gasteiger partial charge in [-0.2, -0.15) is 0 Å². The highest BCUT2D eigenvalue weighted by atomic mass is 32.2. The number of para-hydroxylation sites is 1. The van der Waals surface area contributed by atoms with Crippen molar-refractivity contribution in [2.75, 3.05) is 0 Å². The molecule has 0 saturated heterocycles. The van der Waals surface area contributed by atoms with Crippen LogP contribution in [0.4, 0.5) is 0 Å². The van der Waals surface area contributed by atoms with Crippen LogP contribution in [0.2, 0.25) is 0 Å². The lowest BCUT2D eigenvalue weighted by Gasteiger charge is -2.13. The van der Waals surface area contributed by atoms with Crippen molar-refractivity contribution < 1.29 is 8.42 Å². The van der Waals surface area contributed by atoms with Crippen molar-refractivity contribution in [3.8, 4) is 11.3 Å². The molecule has 5 heteroatoms. The van der Waals surface area contributed by atoms with Crippen LogP contribution >= 0.6 is 0 Å². The van der Waals surface area contributed by atoms with Crippen molar-refractivity contribution in [1.29, 1.82) is 0 Å². The predicted molar refractivity (Wildman–Crippen MR) is 145 cm³/mol. The van der Waals surface area contributed by atoms with Gasteiger partial charge in [0, 0.05) is 29.2 Å².